The van der Waals surface area contributed by atoms with Gasteiger partial charge >= 0.3 is 0 Å². The van der Waals surface area contributed by atoms with E-state index in [-0.39, 0.29) is 23.3 Å². The third-order valence-corrected chi connectivity index (χ3v) is 8.80. The molecule has 1 atom stereocenters. The maximum atomic E-state index is 13.4. The largest absolute Gasteiger partial charge is 0.338 e. The first-order valence-electron chi connectivity index (χ1n) is 13.3. The molecule has 0 aliphatic carbocycles. The molecule has 0 saturated carbocycles. The third kappa shape index (κ3) is 5.36. The predicted octanol–water partition coefficient (Wildman–Crippen LogP) is 5.29. The second-order valence-electron chi connectivity index (χ2n) is 11.3. The van der Waals surface area contributed by atoms with Gasteiger partial charge in [-0.1, -0.05) is 57.2 Å². The average Bonchev–Trinajstić information content (AvgIpc) is 3.37. The molecule has 0 radical (unpaired) electrons. The van der Waals surface area contributed by atoms with Crippen molar-refractivity contribution in [3.8, 4) is 0 Å². The standard InChI is InChI=1S/C31H37N3O2S/c1-22-7-5-6-8-25(22)29-26-14-20-37-27(26)13-15-34(29)21-28(35)32-16-18-33(19-17-32)30(36)23-9-11-24(12-10-23)31(2,3)4/h5-12,14,20,29H,13,15-19,21H2,1-4H3. The average molecular weight is 516 g/mol. The molecule has 37 heavy (non-hydrogen) atoms. The number of thiophene rings is 1. The fourth-order valence-corrected chi connectivity index (χ4v) is 6.43. The summed E-state index contributed by atoms with van der Waals surface area (Å²) in [4.78, 5) is 34.1. The molecular formula is C31H37N3O2S. The van der Waals surface area contributed by atoms with E-state index in [2.05, 4.69) is 80.4 Å². The number of carbonyl (C=O) groups excluding carboxylic acids is 2. The fourth-order valence-electron chi connectivity index (χ4n) is 5.52. The van der Waals surface area contributed by atoms with Gasteiger partial charge in [-0.05, 0) is 64.6 Å². The summed E-state index contributed by atoms with van der Waals surface area (Å²) < 4.78 is 0. The van der Waals surface area contributed by atoms with E-state index in [1.807, 2.05) is 33.3 Å². The summed E-state index contributed by atoms with van der Waals surface area (Å²) in [6.45, 7) is 12.3. The number of aryl methyl sites for hydroxylation is 1. The number of hydrogen-bond donors (Lipinski definition) is 0. The molecule has 0 bridgehead atoms. The SMILES string of the molecule is Cc1ccccc1C1c2ccsc2CCN1CC(=O)N1CCN(C(=O)c2ccc(C(C)(C)C)cc2)CC1. The number of hydrogen-bond acceptors (Lipinski definition) is 4. The van der Waals surface area contributed by atoms with Crippen molar-refractivity contribution < 1.29 is 9.59 Å². The van der Waals surface area contributed by atoms with Crippen LogP contribution in [-0.4, -0.2) is 65.8 Å². The zero-order valence-corrected chi connectivity index (χ0v) is 23.2. The Morgan fingerprint density at radius 1 is 0.865 bits per heavy atom. The normalized spacial score (nSPS) is 18.5. The van der Waals surface area contributed by atoms with Crippen molar-refractivity contribution in [3.63, 3.8) is 0 Å². The summed E-state index contributed by atoms with van der Waals surface area (Å²) in [7, 11) is 0. The van der Waals surface area contributed by atoms with Crippen LogP contribution in [0.5, 0.6) is 0 Å². The Bertz CT molecular complexity index is 1270. The number of amides is 2. The van der Waals surface area contributed by atoms with Crippen molar-refractivity contribution >= 4 is 23.2 Å². The smallest absolute Gasteiger partial charge is 0.253 e. The van der Waals surface area contributed by atoms with E-state index >= 15 is 0 Å². The Morgan fingerprint density at radius 2 is 1.54 bits per heavy atom. The highest BCUT2D eigenvalue weighted by molar-refractivity contribution is 7.10. The van der Waals surface area contributed by atoms with E-state index in [0.29, 0.717) is 38.3 Å². The van der Waals surface area contributed by atoms with E-state index in [0.717, 1.165) is 13.0 Å². The van der Waals surface area contributed by atoms with Gasteiger partial charge in [0.15, 0.2) is 0 Å². The molecule has 2 amide bonds. The van der Waals surface area contributed by atoms with Gasteiger partial charge in [-0.3, -0.25) is 14.5 Å². The molecule has 0 spiro atoms. The van der Waals surface area contributed by atoms with Crippen molar-refractivity contribution in [2.24, 2.45) is 0 Å². The first-order chi connectivity index (χ1) is 17.7. The summed E-state index contributed by atoms with van der Waals surface area (Å²) in [5.41, 5.74) is 5.87. The van der Waals surface area contributed by atoms with Crippen LogP contribution in [-0.2, 0) is 16.6 Å². The number of rotatable bonds is 4. The van der Waals surface area contributed by atoms with Gasteiger partial charge in [0.25, 0.3) is 5.91 Å². The number of piperazine rings is 1. The lowest BCUT2D eigenvalue weighted by Crippen LogP contribution is -2.53. The molecule has 2 aliphatic heterocycles. The van der Waals surface area contributed by atoms with Gasteiger partial charge in [0.1, 0.15) is 0 Å². The number of nitrogens with zero attached hydrogens (tertiary/aromatic N) is 3. The molecule has 5 nitrogen and oxygen atoms in total. The number of fused-ring (bicyclic) bond motifs is 1. The van der Waals surface area contributed by atoms with Crippen LogP contribution in [0.1, 0.15) is 64.3 Å². The summed E-state index contributed by atoms with van der Waals surface area (Å²) in [6.07, 6.45) is 0.985. The lowest BCUT2D eigenvalue weighted by molar-refractivity contribution is -0.134. The van der Waals surface area contributed by atoms with Crippen LogP contribution in [0.2, 0.25) is 0 Å². The summed E-state index contributed by atoms with van der Waals surface area (Å²) in [6, 6.07) is 18.8. The van der Waals surface area contributed by atoms with Gasteiger partial charge in [-0.15, -0.1) is 11.3 Å². The summed E-state index contributed by atoms with van der Waals surface area (Å²) in [5, 5.41) is 2.17. The van der Waals surface area contributed by atoms with Crippen LogP contribution in [0.25, 0.3) is 0 Å². The van der Waals surface area contributed by atoms with Crippen LogP contribution < -0.4 is 0 Å². The van der Waals surface area contributed by atoms with Crippen LogP contribution in [0.3, 0.4) is 0 Å². The Kier molecular flexibility index (Phi) is 7.24. The lowest BCUT2D eigenvalue weighted by Gasteiger charge is -2.39. The van der Waals surface area contributed by atoms with Gasteiger partial charge in [-0.25, -0.2) is 0 Å². The van der Waals surface area contributed by atoms with Crippen molar-refractivity contribution in [2.45, 2.75) is 45.6 Å². The first-order valence-corrected chi connectivity index (χ1v) is 14.1. The highest BCUT2D eigenvalue weighted by Gasteiger charge is 2.33. The molecule has 1 aromatic heterocycles. The van der Waals surface area contributed by atoms with Crippen molar-refractivity contribution in [1.29, 1.82) is 0 Å². The number of carbonyl (C=O) groups is 2. The molecule has 3 heterocycles. The van der Waals surface area contributed by atoms with E-state index in [4.69, 9.17) is 0 Å². The monoisotopic (exact) mass is 515 g/mol. The zero-order chi connectivity index (χ0) is 26.2. The molecule has 1 fully saturated rings. The van der Waals surface area contributed by atoms with Gasteiger partial charge in [-0.2, -0.15) is 0 Å². The Morgan fingerprint density at radius 3 is 2.22 bits per heavy atom. The molecular weight excluding hydrogens is 478 g/mol. The first kappa shape index (κ1) is 25.7. The maximum absolute atomic E-state index is 13.4. The van der Waals surface area contributed by atoms with Crippen LogP contribution in [0, 0.1) is 6.92 Å². The third-order valence-electron chi connectivity index (χ3n) is 7.80. The lowest BCUT2D eigenvalue weighted by atomic mass is 9.86. The van der Waals surface area contributed by atoms with E-state index in [1.165, 1.54) is 27.1 Å². The Balaban J connectivity index is 1.23. The van der Waals surface area contributed by atoms with Crippen molar-refractivity contribution in [2.75, 3.05) is 39.3 Å². The quantitative estimate of drug-likeness (QED) is 0.475. The van der Waals surface area contributed by atoms with Crippen molar-refractivity contribution in [3.05, 3.63) is 92.7 Å². The Hall–Kier alpha value is -2.96. The van der Waals surface area contributed by atoms with Gasteiger partial charge in [0.05, 0.1) is 12.6 Å². The fraction of sp³-hybridized carbons (Fsp3) is 0.419. The van der Waals surface area contributed by atoms with Crippen molar-refractivity contribution in [1.82, 2.24) is 14.7 Å². The van der Waals surface area contributed by atoms with E-state index in [9.17, 15) is 9.59 Å². The second kappa shape index (κ2) is 10.4. The molecule has 6 heteroatoms. The minimum Gasteiger partial charge on any atom is -0.338 e. The second-order valence-corrected chi connectivity index (χ2v) is 12.3. The van der Waals surface area contributed by atoms with Gasteiger partial charge in [0.2, 0.25) is 5.91 Å². The molecule has 1 saturated heterocycles. The highest BCUT2D eigenvalue weighted by atomic mass is 32.1. The minimum absolute atomic E-state index is 0.0493. The highest BCUT2D eigenvalue weighted by Crippen LogP contribution is 2.38. The molecule has 194 valence electrons. The topological polar surface area (TPSA) is 43.9 Å². The predicted molar refractivity (Wildman–Crippen MR) is 150 cm³/mol. The Labute approximate surface area is 224 Å². The van der Waals surface area contributed by atoms with E-state index < -0.39 is 0 Å². The van der Waals surface area contributed by atoms with Crippen LogP contribution >= 0.6 is 11.3 Å². The van der Waals surface area contributed by atoms with Gasteiger partial charge < -0.3 is 9.80 Å². The van der Waals surface area contributed by atoms with Crippen LogP contribution in [0.15, 0.2) is 60.0 Å². The van der Waals surface area contributed by atoms with E-state index in [1.54, 1.807) is 0 Å². The zero-order valence-electron chi connectivity index (χ0n) is 22.4. The molecule has 0 N–H and O–H groups in total. The molecule has 2 aliphatic rings. The maximum Gasteiger partial charge on any atom is 0.253 e. The molecule has 2 aromatic carbocycles. The molecule has 3 aromatic rings. The number of benzene rings is 2. The molecule has 1 unspecified atom stereocenters. The summed E-state index contributed by atoms with van der Waals surface area (Å²) >= 11 is 1.82. The molecule has 5 rings (SSSR count). The minimum atomic E-state index is 0.0493. The van der Waals surface area contributed by atoms with Crippen LogP contribution in [0.4, 0.5) is 0 Å². The van der Waals surface area contributed by atoms with Gasteiger partial charge in [0, 0.05) is 43.2 Å². The summed E-state index contributed by atoms with van der Waals surface area (Å²) in [5.74, 6) is 0.201.